The standard InChI is InChI=1S/C11H15NO2S/c1-3-14-7-8-4-5-10(13-2)9(6-8)11(12)15/h4-6H,3,7H2,1-2H3,(H2,12,15). The zero-order chi connectivity index (χ0) is 11.3. The number of hydrogen-bond donors (Lipinski definition) is 1. The van der Waals surface area contributed by atoms with Crippen LogP contribution in [0, 0.1) is 0 Å². The van der Waals surface area contributed by atoms with Crippen molar-refractivity contribution in [3.05, 3.63) is 29.3 Å². The predicted molar refractivity (Wildman–Crippen MR) is 64.2 cm³/mol. The topological polar surface area (TPSA) is 44.5 Å². The fraction of sp³-hybridized carbons (Fsp3) is 0.364. The Balaban J connectivity index is 2.94. The molecule has 4 heteroatoms. The van der Waals surface area contributed by atoms with Crippen molar-refractivity contribution in [2.75, 3.05) is 13.7 Å². The Morgan fingerprint density at radius 2 is 2.20 bits per heavy atom. The van der Waals surface area contributed by atoms with Gasteiger partial charge in [0.05, 0.1) is 19.3 Å². The summed E-state index contributed by atoms with van der Waals surface area (Å²) in [6.45, 7) is 3.21. The first-order valence-corrected chi connectivity index (χ1v) is 5.14. The van der Waals surface area contributed by atoms with E-state index in [0.717, 1.165) is 11.1 Å². The molecule has 3 nitrogen and oxygen atoms in total. The molecule has 0 radical (unpaired) electrons. The first-order chi connectivity index (χ1) is 7.19. The molecule has 0 spiro atoms. The molecule has 0 saturated carbocycles. The summed E-state index contributed by atoms with van der Waals surface area (Å²) in [6.07, 6.45) is 0. The molecule has 0 atom stereocenters. The highest BCUT2D eigenvalue weighted by Gasteiger charge is 2.06. The van der Waals surface area contributed by atoms with Gasteiger partial charge in [-0.05, 0) is 24.6 Å². The quantitative estimate of drug-likeness (QED) is 0.777. The van der Waals surface area contributed by atoms with Gasteiger partial charge in [-0.3, -0.25) is 0 Å². The SMILES string of the molecule is CCOCc1ccc(OC)c(C(N)=S)c1. The number of rotatable bonds is 5. The van der Waals surface area contributed by atoms with E-state index in [9.17, 15) is 0 Å². The van der Waals surface area contributed by atoms with Gasteiger partial charge in [-0.2, -0.15) is 0 Å². The molecule has 0 fully saturated rings. The maximum absolute atomic E-state index is 5.60. The lowest BCUT2D eigenvalue weighted by atomic mass is 10.1. The van der Waals surface area contributed by atoms with Crippen molar-refractivity contribution >= 4 is 17.2 Å². The number of hydrogen-bond acceptors (Lipinski definition) is 3. The Kier molecular flexibility index (Phi) is 4.52. The monoisotopic (exact) mass is 225 g/mol. The van der Waals surface area contributed by atoms with Gasteiger partial charge in [0.2, 0.25) is 0 Å². The third-order valence-electron chi connectivity index (χ3n) is 2.00. The molecule has 1 aromatic rings. The van der Waals surface area contributed by atoms with Gasteiger partial charge in [0.1, 0.15) is 10.7 Å². The fourth-order valence-electron chi connectivity index (χ4n) is 1.26. The summed E-state index contributed by atoms with van der Waals surface area (Å²) < 4.78 is 10.5. The molecule has 15 heavy (non-hydrogen) atoms. The van der Waals surface area contributed by atoms with Crippen LogP contribution in [0.4, 0.5) is 0 Å². The molecule has 0 aromatic heterocycles. The zero-order valence-electron chi connectivity index (χ0n) is 8.95. The highest BCUT2D eigenvalue weighted by atomic mass is 32.1. The van der Waals surface area contributed by atoms with Gasteiger partial charge in [0.25, 0.3) is 0 Å². The maximum Gasteiger partial charge on any atom is 0.129 e. The lowest BCUT2D eigenvalue weighted by molar-refractivity contribution is 0.134. The maximum atomic E-state index is 5.60. The van der Waals surface area contributed by atoms with Gasteiger partial charge in [-0.25, -0.2) is 0 Å². The minimum Gasteiger partial charge on any atom is -0.496 e. The van der Waals surface area contributed by atoms with Gasteiger partial charge in [-0.1, -0.05) is 18.3 Å². The Labute approximate surface area is 95.2 Å². The number of thiocarbonyl (C=S) groups is 1. The van der Waals surface area contributed by atoms with E-state index in [0.29, 0.717) is 24.0 Å². The van der Waals surface area contributed by atoms with Gasteiger partial charge in [0.15, 0.2) is 0 Å². The van der Waals surface area contributed by atoms with E-state index in [1.807, 2.05) is 25.1 Å². The first-order valence-electron chi connectivity index (χ1n) is 4.73. The van der Waals surface area contributed by atoms with Gasteiger partial charge >= 0.3 is 0 Å². The molecule has 0 heterocycles. The largest absolute Gasteiger partial charge is 0.496 e. The molecule has 0 amide bonds. The van der Waals surface area contributed by atoms with E-state index in [-0.39, 0.29) is 0 Å². The first kappa shape index (κ1) is 11.9. The van der Waals surface area contributed by atoms with E-state index >= 15 is 0 Å². The minimum atomic E-state index is 0.338. The van der Waals surface area contributed by atoms with Gasteiger partial charge < -0.3 is 15.2 Å². The zero-order valence-corrected chi connectivity index (χ0v) is 9.76. The van der Waals surface area contributed by atoms with Crippen molar-refractivity contribution in [1.82, 2.24) is 0 Å². The van der Waals surface area contributed by atoms with Crippen LogP contribution in [0.25, 0.3) is 0 Å². The van der Waals surface area contributed by atoms with Crippen LogP contribution in [0.15, 0.2) is 18.2 Å². The second-order valence-electron chi connectivity index (χ2n) is 3.04. The summed E-state index contributed by atoms with van der Waals surface area (Å²) in [5.74, 6) is 0.697. The second kappa shape index (κ2) is 5.68. The highest BCUT2D eigenvalue weighted by molar-refractivity contribution is 7.80. The molecule has 2 N–H and O–H groups in total. The molecule has 1 aromatic carbocycles. The van der Waals surface area contributed by atoms with Crippen molar-refractivity contribution in [3.8, 4) is 5.75 Å². The number of benzene rings is 1. The van der Waals surface area contributed by atoms with Crippen molar-refractivity contribution in [2.45, 2.75) is 13.5 Å². The van der Waals surface area contributed by atoms with Crippen LogP contribution < -0.4 is 10.5 Å². The predicted octanol–water partition coefficient (Wildman–Crippen LogP) is 1.87. The summed E-state index contributed by atoms with van der Waals surface area (Å²) in [5.41, 5.74) is 7.39. The molecule has 0 bridgehead atoms. The van der Waals surface area contributed by atoms with Crippen LogP contribution in [0.5, 0.6) is 5.75 Å². The molecule has 82 valence electrons. The molecule has 1 rings (SSSR count). The van der Waals surface area contributed by atoms with Crippen LogP contribution in [0.3, 0.4) is 0 Å². The van der Waals surface area contributed by atoms with Crippen LogP contribution in [0.1, 0.15) is 18.1 Å². The summed E-state index contributed by atoms with van der Waals surface area (Å²) in [6, 6.07) is 5.69. The third-order valence-corrected chi connectivity index (χ3v) is 2.22. The molecular formula is C11H15NO2S. The summed E-state index contributed by atoms with van der Waals surface area (Å²) in [7, 11) is 1.60. The second-order valence-corrected chi connectivity index (χ2v) is 3.48. The van der Waals surface area contributed by atoms with Crippen LogP contribution in [0.2, 0.25) is 0 Å². The third kappa shape index (κ3) is 3.18. The smallest absolute Gasteiger partial charge is 0.129 e. The van der Waals surface area contributed by atoms with Gasteiger partial charge in [0, 0.05) is 6.61 Å². The minimum absolute atomic E-state index is 0.338. The lowest BCUT2D eigenvalue weighted by Gasteiger charge is -2.09. The van der Waals surface area contributed by atoms with Crippen LogP contribution in [-0.2, 0) is 11.3 Å². The number of methoxy groups -OCH3 is 1. The summed E-state index contributed by atoms with van der Waals surface area (Å²) >= 11 is 4.94. The number of ether oxygens (including phenoxy) is 2. The lowest BCUT2D eigenvalue weighted by Crippen LogP contribution is -2.11. The number of nitrogens with two attached hydrogens (primary N) is 1. The van der Waals surface area contributed by atoms with E-state index in [2.05, 4.69) is 0 Å². The van der Waals surface area contributed by atoms with Crippen molar-refractivity contribution < 1.29 is 9.47 Å². The van der Waals surface area contributed by atoms with Crippen LogP contribution >= 0.6 is 12.2 Å². The average molecular weight is 225 g/mol. The average Bonchev–Trinajstić information content (AvgIpc) is 2.25. The Bertz CT molecular complexity index is 352. The van der Waals surface area contributed by atoms with E-state index in [4.69, 9.17) is 27.4 Å². The van der Waals surface area contributed by atoms with Crippen LogP contribution in [-0.4, -0.2) is 18.7 Å². The summed E-state index contributed by atoms with van der Waals surface area (Å²) in [4.78, 5) is 0.338. The van der Waals surface area contributed by atoms with E-state index in [1.165, 1.54) is 0 Å². The molecular weight excluding hydrogens is 210 g/mol. The van der Waals surface area contributed by atoms with E-state index in [1.54, 1.807) is 7.11 Å². The molecule has 0 aliphatic rings. The highest BCUT2D eigenvalue weighted by Crippen LogP contribution is 2.20. The Hall–Kier alpha value is -1.13. The van der Waals surface area contributed by atoms with Crippen molar-refractivity contribution in [3.63, 3.8) is 0 Å². The Morgan fingerprint density at radius 3 is 2.73 bits per heavy atom. The van der Waals surface area contributed by atoms with E-state index < -0.39 is 0 Å². The molecule has 0 unspecified atom stereocenters. The van der Waals surface area contributed by atoms with Crippen molar-refractivity contribution in [1.29, 1.82) is 0 Å². The summed E-state index contributed by atoms with van der Waals surface area (Å²) in [5, 5.41) is 0. The van der Waals surface area contributed by atoms with Gasteiger partial charge in [-0.15, -0.1) is 0 Å². The normalized spacial score (nSPS) is 10.0. The fourth-order valence-corrected chi connectivity index (χ4v) is 1.42. The molecule has 0 aliphatic heterocycles. The Morgan fingerprint density at radius 1 is 1.47 bits per heavy atom. The molecule has 0 saturated heterocycles. The van der Waals surface area contributed by atoms with Crippen molar-refractivity contribution in [2.24, 2.45) is 5.73 Å². The molecule has 0 aliphatic carbocycles.